The van der Waals surface area contributed by atoms with Crippen molar-refractivity contribution < 1.29 is 33.2 Å². The maximum absolute atomic E-state index is 5.59. The first-order valence-electron chi connectivity index (χ1n) is 11.1. The minimum absolute atomic E-state index is 0.0441. The van der Waals surface area contributed by atoms with Crippen LogP contribution in [0.25, 0.3) is 0 Å². The standard InChI is InChI=1S/C21H41IO7/c22-8-4-1-2-5-9-23-11-12-24-13-14-25-15-16-26-17-18-27-19-20-29-21-7-3-6-10-28-21/h21H,1-20H2. The Morgan fingerprint density at radius 1 is 0.586 bits per heavy atom. The highest BCUT2D eigenvalue weighted by Gasteiger charge is 2.13. The second-order valence-corrected chi connectivity index (χ2v) is 7.91. The Labute approximate surface area is 190 Å². The molecule has 0 aromatic heterocycles. The van der Waals surface area contributed by atoms with Gasteiger partial charge in [-0.1, -0.05) is 35.4 Å². The molecule has 1 fully saturated rings. The molecule has 1 heterocycles. The van der Waals surface area contributed by atoms with Crippen molar-refractivity contribution in [3.8, 4) is 0 Å². The summed E-state index contributed by atoms with van der Waals surface area (Å²) in [7, 11) is 0. The molecule has 0 saturated carbocycles. The molecule has 174 valence electrons. The van der Waals surface area contributed by atoms with Gasteiger partial charge in [-0.25, -0.2) is 0 Å². The van der Waals surface area contributed by atoms with Crippen LogP contribution in [0.4, 0.5) is 0 Å². The summed E-state index contributed by atoms with van der Waals surface area (Å²) in [5.74, 6) is 0. The first-order chi connectivity index (χ1) is 14.4. The summed E-state index contributed by atoms with van der Waals surface area (Å²) >= 11 is 2.42. The predicted molar refractivity (Wildman–Crippen MR) is 121 cm³/mol. The molecule has 1 unspecified atom stereocenters. The molecular weight excluding hydrogens is 491 g/mol. The minimum atomic E-state index is -0.0441. The van der Waals surface area contributed by atoms with Gasteiger partial charge in [-0.2, -0.15) is 0 Å². The summed E-state index contributed by atoms with van der Waals surface area (Å²) < 4.78 is 39.7. The van der Waals surface area contributed by atoms with E-state index in [1.54, 1.807) is 0 Å². The van der Waals surface area contributed by atoms with Crippen LogP contribution in [0.1, 0.15) is 44.9 Å². The number of ether oxygens (including phenoxy) is 7. The molecule has 0 aliphatic carbocycles. The van der Waals surface area contributed by atoms with Crippen molar-refractivity contribution in [3.63, 3.8) is 0 Å². The quantitative estimate of drug-likeness (QED) is 0.120. The Hall–Kier alpha value is 0.450. The molecule has 0 N–H and O–H groups in total. The van der Waals surface area contributed by atoms with Crippen LogP contribution >= 0.6 is 22.6 Å². The van der Waals surface area contributed by atoms with Crippen LogP contribution in [0.15, 0.2) is 0 Å². The molecule has 0 radical (unpaired) electrons. The third-order valence-electron chi connectivity index (χ3n) is 4.33. The van der Waals surface area contributed by atoms with E-state index in [4.69, 9.17) is 33.2 Å². The molecule has 7 nitrogen and oxygen atoms in total. The van der Waals surface area contributed by atoms with Gasteiger partial charge < -0.3 is 33.2 Å². The van der Waals surface area contributed by atoms with Crippen LogP contribution in [0.5, 0.6) is 0 Å². The molecule has 29 heavy (non-hydrogen) atoms. The molecule has 1 atom stereocenters. The van der Waals surface area contributed by atoms with Crippen molar-refractivity contribution in [2.24, 2.45) is 0 Å². The summed E-state index contributed by atoms with van der Waals surface area (Å²) in [6.45, 7) is 7.50. The zero-order chi connectivity index (χ0) is 20.7. The summed E-state index contributed by atoms with van der Waals surface area (Å²) in [5.41, 5.74) is 0. The lowest BCUT2D eigenvalue weighted by molar-refractivity contribution is -0.169. The Bertz CT molecular complexity index is 317. The second kappa shape index (κ2) is 23.1. The number of halogens is 1. The molecule has 1 aliphatic heterocycles. The highest BCUT2D eigenvalue weighted by Crippen LogP contribution is 2.13. The number of hydrogen-bond acceptors (Lipinski definition) is 7. The number of unbranched alkanes of at least 4 members (excludes halogenated alkanes) is 3. The fraction of sp³-hybridized carbons (Fsp3) is 1.00. The van der Waals surface area contributed by atoms with Crippen molar-refractivity contribution in [1.82, 2.24) is 0 Å². The maximum atomic E-state index is 5.59. The first kappa shape index (κ1) is 27.5. The molecule has 8 heteroatoms. The van der Waals surface area contributed by atoms with Crippen LogP contribution in [-0.2, 0) is 33.2 Å². The zero-order valence-electron chi connectivity index (χ0n) is 18.0. The average molecular weight is 532 g/mol. The molecule has 1 saturated heterocycles. The maximum Gasteiger partial charge on any atom is 0.157 e. The molecule has 1 rings (SSSR count). The van der Waals surface area contributed by atoms with Crippen molar-refractivity contribution in [2.45, 2.75) is 51.2 Å². The lowest BCUT2D eigenvalue weighted by atomic mass is 10.2. The average Bonchev–Trinajstić information content (AvgIpc) is 2.75. The van der Waals surface area contributed by atoms with Gasteiger partial charge in [-0.05, 0) is 36.5 Å². The van der Waals surface area contributed by atoms with Crippen molar-refractivity contribution in [1.29, 1.82) is 0 Å². The van der Waals surface area contributed by atoms with E-state index >= 15 is 0 Å². The molecular formula is C21H41IO7. The first-order valence-corrected chi connectivity index (χ1v) is 12.6. The Morgan fingerprint density at radius 2 is 1.10 bits per heavy atom. The highest BCUT2D eigenvalue weighted by atomic mass is 127. The van der Waals surface area contributed by atoms with Gasteiger partial charge in [0.25, 0.3) is 0 Å². The van der Waals surface area contributed by atoms with E-state index in [1.165, 1.54) is 30.1 Å². The van der Waals surface area contributed by atoms with Crippen molar-refractivity contribution in [2.75, 3.05) is 83.7 Å². The molecule has 0 amide bonds. The Balaban J connectivity index is 1.63. The molecule has 0 aromatic rings. The van der Waals surface area contributed by atoms with Gasteiger partial charge in [-0.3, -0.25) is 0 Å². The van der Waals surface area contributed by atoms with Crippen LogP contribution in [-0.4, -0.2) is 90.0 Å². The third kappa shape index (κ3) is 20.1. The van der Waals surface area contributed by atoms with Crippen LogP contribution in [0, 0.1) is 0 Å². The molecule has 0 spiro atoms. The summed E-state index contributed by atoms with van der Waals surface area (Å²) in [4.78, 5) is 0. The minimum Gasteiger partial charge on any atom is -0.379 e. The number of rotatable bonds is 22. The van der Waals surface area contributed by atoms with E-state index in [2.05, 4.69) is 22.6 Å². The fourth-order valence-corrected chi connectivity index (χ4v) is 3.25. The SMILES string of the molecule is ICCCCCCOCCOCCOCCOCCOCCOC1CCCCO1. The van der Waals surface area contributed by atoms with E-state index in [9.17, 15) is 0 Å². The van der Waals surface area contributed by atoms with Gasteiger partial charge in [0.15, 0.2) is 6.29 Å². The predicted octanol–water partition coefficient (Wildman–Crippen LogP) is 3.61. The normalized spacial score (nSPS) is 17.1. The second-order valence-electron chi connectivity index (χ2n) is 6.83. The van der Waals surface area contributed by atoms with Gasteiger partial charge in [0.05, 0.1) is 66.1 Å². The molecule has 0 aromatic carbocycles. The third-order valence-corrected chi connectivity index (χ3v) is 5.09. The largest absolute Gasteiger partial charge is 0.379 e. The lowest BCUT2D eigenvalue weighted by Crippen LogP contribution is -2.24. The van der Waals surface area contributed by atoms with Crippen LogP contribution < -0.4 is 0 Å². The van der Waals surface area contributed by atoms with Gasteiger partial charge >= 0.3 is 0 Å². The van der Waals surface area contributed by atoms with Crippen molar-refractivity contribution >= 4 is 22.6 Å². The number of alkyl halides is 1. The van der Waals surface area contributed by atoms with Gasteiger partial charge in [0, 0.05) is 13.2 Å². The van der Waals surface area contributed by atoms with Crippen LogP contribution in [0.2, 0.25) is 0 Å². The van der Waals surface area contributed by atoms with E-state index in [1.807, 2.05) is 0 Å². The van der Waals surface area contributed by atoms with Gasteiger partial charge in [-0.15, -0.1) is 0 Å². The Kier molecular flexibility index (Phi) is 21.9. The number of hydrogen-bond donors (Lipinski definition) is 0. The van der Waals surface area contributed by atoms with Crippen molar-refractivity contribution in [3.05, 3.63) is 0 Å². The lowest BCUT2D eigenvalue weighted by Gasteiger charge is -2.22. The smallest absolute Gasteiger partial charge is 0.157 e. The van der Waals surface area contributed by atoms with E-state index in [0.717, 1.165) is 32.5 Å². The van der Waals surface area contributed by atoms with Crippen LogP contribution in [0.3, 0.4) is 0 Å². The Morgan fingerprint density at radius 3 is 1.62 bits per heavy atom. The fourth-order valence-electron chi connectivity index (χ4n) is 2.71. The molecule has 1 aliphatic rings. The topological polar surface area (TPSA) is 64.6 Å². The van der Waals surface area contributed by atoms with E-state index in [0.29, 0.717) is 66.1 Å². The highest BCUT2D eigenvalue weighted by molar-refractivity contribution is 14.1. The van der Waals surface area contributed by atoms with Gasteiger partial charge in [0.1, 0.15) is 0 Å². The summed E-state index contributed by atoms with van der Waals surface area (Å²) in [5, 5.41) is 0. The van der Waals surface area contributed by atoms with Gasteiger partial charge in [0.2, 0.25) is 0 Å². The zero-order valence-corrected chi connectivity index (χ0v) is 20.1. The van der Waals surface area contributed by atoms with E-state index in [-0.39, 0.29) is 6.29 Å². The molecule has 0 bridgehead atoms. The van der Waals surface area contributed by atoms with E-state index < -0.39 is 0 Å². The monoisotopic (exact) mass is 532 g/mol. The summed E-state index contributed by atoms with van der Waals surface area (Å²) in [6.07, 6.45) is 8.29. The summed E-state index contributed by atoms with van der Waals surface area (Å²) in [6, 6.07) is 0.